The van der Waals surface area contributed by atoms with E-state index in [4.69, 9.17) is 0 Å². The van der Waals surface area contributed by atoms with Crippen molar-refractivity contribution in [2.75, 3.05) is 14.2 Å². The minimum Gasteiger partial charge on any atom is -0.467 e. The van der Waals surface area contributed by atoms with E-state index in [-0.39, 0.29) is 30.0 Å². The van der Waals surface area contributed by atoms with E-state index in [1.165, 1.54) is 7.05 Å². The molecule has 1 aliphatic heterocycles. The van der Waals surface area contributed by atoms with Gasteiger partial charge in [0.15, 0.2) is 6.04 Å². The molecule has 7 nitrogen and oxygen atoms in total. The van der Waals surface area contributed by atoms with E-state index < -0.39 is 29.6 Å². The molecule has 1 heterocycles. The number of amides is 2. The fourth-order valence-electron chi connectivity index (χ4n) is 2.16. The highest BCUT2D eigenvalue weighted by Crippen LogP contribution is 2.20. The van der Waals surface area contributed by atoms with Crippen molar-refractivity contribution in [1.29, 1.82) is 0 Å². The molecule has 0 fully saturated rings. The Hall–Kier alpha value is -2.84. The maximum absolute atomic E-state index is 13.9. The smallest absolute Gasteiger partial charge is 0.333 e. The van der Waals surface area contributed by atoms with E-state index in [0.717, 1.165) is 30.3 Å². The Balaban J connectivity index is 2.28. The molecule has 0 radical (unpaired) electrons. The average Bonchev–Trinajstić information content (AvgIpc) is 2.56. The van der Waals surface area contributed by atoms with Crippen molar-refractivity contribution in [3.05, 3.63) is 35.4 Å². The van der Waals surface area contributed by atoms with Crippen molar-refractivity contribution in [3.8, 4) is 0 Å². The molecule has 0 bridgehead atoms. The number of esters is 1. The van der Waals surface area contributed by atoms with E-state index in [1.54, 1.807) is 0 Å². The molecule has 0 aliphatic carbocycles. The van der Waals surface area contributed by atoms with Crippen LogP contribution in [0, 0.1) is 11.6 Å². The number of rotatable bonds is 4. The predicted octanol–water partition coefficient (Wildman–Crippen LogP) is 0.903. The van der Waals surface area contributed by atoms with Crippen molar-refractivity contribution in [1.82, 2.24) is 10.3 Å². The van der Waals surface area contributed by atoms with Crippen LogP contribution < -0.4 is 5.32 Å². The second-order valence-electron chi connectivity index (χ2n) is 5.06. The Bertz CT molecular complexity index is 721. The Labute approximate surface area is 136 Å². The number of carbonyl (C=O) groups is 3. The number of halogens is 2. The van der Waals surface area contributed by atoms with Crippen LogP contribution in [0.25, 0.3) is 0 Å². The zero-order chi connectivity index (χ0) is 17.9. The third-order valence-electron chi connectivity index (χ3n) is 3.45. The molecule has 9 heteroatoms. The molecule has 1 aliphatic rings. The number of methoxy groups -OCH3 is 1. The largest absolute Gasteiger partial charge is 0.467 e. The molecule has 1 N–H and O–H groups in total. The van der Waals surface area contributed by atoms with Crippen molar-refractivity contribution in [2.24, 2.45) is 5.10 Å². The summed E-state index contributed by atoms with van der Waals surface area (Å²) in [5, 5.41) is 7.08. The molecule has 0 aromatic heterocycles. The van der Waals surface area contributed by atoms with Crippen molar-refractivity contribution >= 4 is 23.5 Å². The molecule has 2 amide bonds. The summed E-state index contributed by atoms with van der Waals surface area (Å²) in [6.45, 7) is 0. The molecule has 2 rings (SSSR count). The Morgan fingerprint density at radius 1 is 1.33 bits per heavy atom. The van der Waals surface area contributed by atoms with Crippen LogP contribution in [0.1, 0.15) is 24.4 Å². The summed E-state index contributed by atoms with van der Waals surface area (Å²) in [6.07, 6.45) is 0.161. The second-order valence-corrected chi connectivity index (χ2v) is 5.06. The first-order chi connectivity index (χ1) is 11.3. The number of nitrogens with one attached hydrogen (secondary N) is 1. The summed E-state index contributed by atoms with van der Waals surface area (Å²) in [4.78, 5) is 35.5. The molecule has 1 aromatic carbocycles. The maximum Gasteiger partial charge on any atom is 0.333 e. The predicted molar refractivity (Wildman–Crippen MR) is 78.7 cm³/mol. The van der Waals surface area contributed by atoms with Crippen LogP contribution >= 0.6 is 0 Å². The molecule has 0 saturated heterocycles. The first-order valence-electron chi connectivity index (χ1n) is 7.01. The molecule has 0 saturated carbocycles. The van der Waals surface area contributed by atoms with Gasteiger partial charge in [-0.3, -0.25) is 9.59 Å². The van der Waals surface area contributed by atoms with Crippen molar-refractivity contribution in [3.63, 3.8) is 0 Å². The van der Waals surface area contributed by atoms with Gasteiger partial charge in [-0.15, -0.1) is 0 Å². The fraction of sp³-hybridized carbons (Fsp3) is 0.333. The normalized spacial score (nSPS) is 15.6. The maximum atomic E-state index is 13.9. The lowest BCUT2D eigenvalue weighted by molar-refractivity contribution is -0.144. The third kappa shape index (κ3) is 3.73. The van der Waals surface area contributed by atoms with Gasteiger partial charge in [-0.25, -0.2) is 18.6 Å². The Kier molecular flexibility index (Phi) is 5.22. The summed E-state index contributed by atoms with van der Waals surface area (Å²) in [7, 11) is 2.45. The lowest BCUT2D eigenvalue weighted by Crippen LogP contribution is -2.42. The van der Waals surface area contributed by atoms with Crippen molar-refractivity contribution in [2.45, 2.75) is 18.9 Å². The number of hydrazone groups is 1. The zero-order valence-corrected chi connectivity index (χ0v) is 13.0. The van der Waals surface area contributed by atoms with Crippen LogP contribution in [0.15, 0.2) is 23.3 Å². The van der Waals surface area contributed by atoms with E-state index in [0.29, 0.717) is 0 Å². The van der Waals surface area contributed by atoms with Crippen LogP contribution in [0.5, 0.6) is 0 Å². The Morgan fingerprint density at radius 2 is 2.04 bits per heavy atom. The minimum atomic E-state index is -1.54. The number of benzene rings is 1. The molecule has 128 valence electrons. The van der Waals surface area contributed by atoms with Crippen LogP contribution in [-0.4, -0.2) is 42.7 Å². The molecule has 0 spiro atoms. The van der Waals surface area contributed by atoms with Crippen LogP contribution in [0.3, 0.4) is 0 Å². The summed E-state index contributed by atoms with van der Waals surface area (Å²) in [5.41, 5.74) is -0.362. The highest BCUT2D eigenvalue weighted by atomic mass is 19.1. The van der Waals surface area contributed by atoms with E-state index in [2.05, 4.69) is 15.2 Å². The quantitative estimate of drug-likeness (QED) is 0.826. The molecule has 24 heavy (non-hydrogen) atoms. The minimum absolute atomic E-state index is 0.00261. The second kappa shape index (κ2) is 7.16. The van der Waals surface area contributed by atoms with Crippen LogP contribution in [0.4, 0.5) is 8.78 Å². The molecule has 1 unspecified atom stereocenters. The SMILES string of the molecule is COC(=O)C(NC(=O)C1=NN(C)C(=O)CC1)c1cc(F)ccc1F. The van der Waals surface area contributed by atoms with Gasteiger partial charge in [-0.2, -0.15) is 5.10 Å². The van der Waals surface area contributed by atoms with Gasteiger partial charge >= 0.3 is 5.97 Å². The molecule has 1 aromatic rings. The van der Waals surface area contributed by atoms with E-state index in [1.807, 2.05) is 0 Å². The molecule has 1 atom stereocenters. The summed E-state index contributed by atoms with van der Waals surface area (Å²) >= 11 is 0. The van der Waals surface area contributed by atoms with Crippen LogP contribution in [-0.2, 0) is 19.1 Å². The lowest BCUT2D eigenvalue weighted by Gasteiger charge is -2.21. The first-order valence-corrected chi connectivity index (χ1v) is 7.01. The van der Waals surface area contributed by atoms with Crippen LogP contribution in [0.2, 0.25) is 0 Å². The summed E-state index contributed by atoms with van der Waals surface area (Å²) < 4.78 is 31.8. The standard InChI is InChI=1S/C15H15F2N3O4/c1-20-12(21)6-5-11(19-20)14(22)18-13(15(23)24-2)9-7-8(16)3-4-10(9)17/h3-4,7,13H,5-6H2,1-2H3,(H,18,22). The monoisotopic (exact) mass is 339 g/mol. The van der Waals surface area contributed by atoms with Gasteiger partial charge in [-0.05, 0) is 18.2 Å². The topological polar surface area (TPSA) is 88.1 Å². The molecular formula is C15H15F2N3O4. The van der Waals surface area contributed by atoms with Gasteiger partial charge in [0.25, 0.3) is 5.91 Å². The van der Waals surface area contributed by atoms with Gasteiger partial charge in [-0.1, -0.05) is 0 Å². The third-order valence-corrected chi connectivity index (χ3v) is 3.45. The summed E-state index contributed by atoms with van der Waals surface area (Å²) in [5.74, 6) is -3.63. The zero-order valence-electron chi connectivity index (χ0n) is 13.0. The molecular weight excluding hydrogens is 324 g/mol. The highest BCUT2D eigenvalue weighted by Gasteiger charge is 2.30. The van der Waals surface area contributed by atoms with Crippen molar-refractivity contribution < 1.29 is 27.9 Å². The van der Waals surface area contributed by atoms with Gasteiger partial charge in [0.2, 0.25) is 5.91 Å². The van der Waals surface area contributed by atoms with Gasteiger partial charge in [0, 0.05) is 25.5 Å². The number of carbonyl (C=O) groups excluding carboxylic acids is 3. The highest BCUT2D eigenvalue weighted by molar-refractivity contribution is 6.39. The number of hydrogen-bond acceptors (Lipinski definition) is 5. The average molecular weight is 339 g/mol. The van der Waals surface area contributed by atoms with Gasteiger partial charge in [0.1, 0.15) is 17.3 Å². The fourth-order valence-corrected chi connectivity index (χ4v) is 2.16. The van der Waals surface area contributed by atoms with Gasteiger partial charge in [0.05, 0.1) is 7.11 Å². The lowest BCUT2D eigenvalue weighted by atomic mass is 10.0. The number of ether oxygens (including phenoxy) is 1. The van der Waals surface area contributed by atoms with Gasteiger partial charge < -0.3 is 10.1 Å². The number of nitrogens with zero attached hydrogens (tertiary/aromatic N) is 2. The first kappa shape index (κ1) is 17.5. The van der Waals surface area contributed by atoms with E-state index in [9.17, 15) is 23.2 Å². The summed E-state index contributed by atoms with van der Waals surface area (Å²) in [6, 6.07) is 0.997. The van der Waals surface area contributed by atoms with E-state index >= 15 is 0 Å². The number of hydrogen-bond donors (Lipinski definition) is 1. The Morgan fingerprint density at radius 3 is 2.67 bits per heavy atom.